The first-order valence-electron chi connectivity index (χ1n) is 4.14. The number of imide groups is 1. The molecule has 0 bridgehead atoms. The maximum atomic E-state index is 11.9. The lowest BCUT2D eigenvalue weighted by Crippen LogP contribution is -2.35. The second-order valence-electron chi connectivity index (χ2n) is 2.99. The van der Waals surface area contributed by atoms with Crippen molar-refractivity contribution in [2.75, 3.05) is 0 Å². The van der Waals surface area contributed by atoms with Gasteiger partial charge < -0.3 is 0 Å². The van der Waals surface area contributed by atoms with E-state index in [1.165, 1.54) is 24.3 Å². The minimum atomic E-state index is -5.08. The molecule has 1 heterocycles. The molecule has 2 rings (SSSR count). The smallest absolute Gasteiger partial charge is 0.266 e. The first-order valence-corrected chi connectivity index (χ1v) is 4.14. The summed E-state index contributed by atoms with van der Waals surface area (Å²) in [6.07, 6.45) is -5.08. The Morgan fingerprint density at radius 2 is 1.44 bits per heavy atom. The molecule has 0 spiro atoms. The van der Waals surface area contributed by atoms with Gasteiger partial charge in [0.25, 0.3) is 11.8 Å². The normalized spacial score (nSPS) is 15.6. The van der Waals surface area contributed by atoms with Gasteiger partial charge in [-0.25, -0.2) is 0 Å². The predicted octanol–water partition coefficient (Wildman–Crippen LogP) is 1.73. The lowest BCUT2D eigenvalue weighted by atomic mass is 10.1. The van der Waals surface area contributed by atoms with Crippen molar-refractivity contribution in [3.05, 3.63) is 35.4 Å². The van der Waals surface area contributed by atoms with Gasteiger partial charge in [0, 0.05) is 0 Å². The maximum Gasteiger partial charge on any atom is 0.544 e. The van der Waals surface area contributed by atoms with Gasteiger partial charge in [-0.3, -0.25) is 9.59 Å². The second-order valence-corrected chi connectivity index (χ2v) is 2.99. The summed E-state index contributed by atoms with van der Waals surface area (Å²) < 4.78 is 35.7. The lowest BCUT2D eigenvalue weighted by molar-refractivity contribution is -0.384. The molecule has 1 aromatic carbocycles. The fourth-order valence-corrected chi connectivity index (χ4v) is 1.35. The zero-order chi connectivity index (χ0) is 11.9. The van der Waals surface area contributed by atoms with Crippen LogP contribution in [0.2, 0.25) is 0 Å². The molecule has 0 radical (unpaired) electrons. The van der Waals surface area contributed by atoms with E-state index in [1.807, 2.05) is 0 Å². The number of carbonyl (C=O) groups is 2. The Balaban J connectivity index is 2.36. The summed E-state index contributed by atoms with van der Waals surface area (Å²) in [5.41, 5.74) is -0.200. The van der Waals surface area contributed by atoms with Crippen LogP contribution in [0.3, 0.4) is 0 Å². The van der Waals surface area contributed by atoms with E-state index in [1.54, 1.807) is 0 Å². The van der Waals surface area contributed by atoms with Crippen LogP contribution in [0.5, 0.6) is 0 Å². The number of rotatable bonds is 1. The van der Waals surface area contributed by atoms with Crippen LogP contribution in [0.4, 0.5) is 13.2 Å². The third kappa shape index (κ3) is 1.65. The largest absolute Gasteiger partial charge is 0.544 e. The maximum absolute atomic E-state index is 11.9. The Labute approximate surface area is 87.2 Å². The topological polar surface area (TPSA) is 46.6 Å². The van der Waals surface area contributed by atoms with Crippen LogP contribution in [0, 0.1) is 0 Å². The predicted molar refractivity (Wildman–Crippen MR) is 44.1 cm³/mol. The summed E-state index contributed by atoms with van der Waals surface area (Å²) in [5.74, 6) is -2.23. The highest BCUT2D eigenvalue weighted by molar-refractivity contribution is 6.20. The van der Waals surface area contributed by atoms with Crippen LogP contribution in [0.25, 0.3) is 0 Å². The van der Waals surface area contributed by atoms with Crippen LogP contribution in [0.1, 0.15) is 20.7 Å². The number of amides is 2. The molecule has 2 amide bonds. The average Bonchev–Trinajstić information content (AvgIpc) is 2.43. The van der Waals surface area contributed by atoms with Gasteiger partial charge in [-0.05, 0) is 12.1 Å². The summed E-state index contributed by atoms with van der Waals surface area (Å²) in [4.78, 5) is 26.1. The number of halogens is 3. The molecule has 0 saturated carbocycles. The van der Waals surface area contributed by atoms with Crippen molar-refractivity contribution in [2.45, 2.75) is 6.36 Å². The molecule has 0 fully saturated rings. The number of hydroxylamine groups is 2. The average molecular weight is 231 g/mol. The Morgan fingerprint density at radius 3 is 1.81 bits per heavy atom. The first-order chi connectivity index (χ1) is 7.40. The van der Waals surface area contributed by atoms with Gasteiger partial charge in [0.05, 0.1) is 11.1 Å². The minimum Gasteiger partial charge on any atom is -0.266 e. The molecular weight excluding hydrogens is 227 g/mol. The monoisotopic (exact) mass is 231 g/mol. The molecule has 1 aliphatic heterocycles. The number of hydrogen-bond donors (Lipinski definition) is 0. The van der Waals surface area contributed by atoms with E-state index in [2.05, 4.69) is 4.84 Å². The number of benzene rings is 1. The Hall–Kier alpha value is -1.89. The van der Waals surface area contributed by atoms with Crippen molar-refractivity contribution in [3.8, 4) is 0 Å². The van der Waals surface area contributed by atoms with Crippen LogP contribution in [-0.2, 0) is 4.84 Å². The Kier molecular flexibility index (Phi) is 2.20. The quantitative estimate of drug-likeness (QED) is 0.691. The zero-order valence-corrected chi connectivity index (χ0v) is 7.62. The van der Waals surface area contributed by atoms with E-state index in [-0.39, 0.29) is 16.2 Å². The van der Waals surface area contributed by atoms with Gasteiger partial charge >= 0.3 is 6.36 Å². The highest BCUT2D eigenvalue weighted by Crippen LogP contribution is 2.27. The van der Waals surface area contributed by atoms with E-state index in [9.17, 15) is 22.8 Å². The van der Waals surface area contributed by atoms with Crippen molar-refractivity contribution < 1.29 is 27.6 Å². The molecule has 0 aliphatic carbocycles. The SMILES string of the molecule is O=C1c2ccccc2C(=O)N1OC(F)(F)F. The van der Waals surface area contributed by atoms with Crippen LogP contribution >= 0.6 is 0 Å². The molecule has 1 aromatic rings. The lowest BCUT2D eigenvalue weighted by Gasteiger charge is -2.14. The van der Waals surface area contributed by atoms with E-state index in [0.717, 1.165) is 0 Å². The fourth-order valence-electron chi connectivity index (χ4n) is 1.35. The number of nitrogens with zero attached hydrogens (tertiary/aromatic N) is 1. The van der Waals surface area contributed by atoms with Crippen LogP contribution < -0.4 is 0 Å². The molecule has 16 heavy (non-hydrogen) atoms. The van der Waals surface area contributed by atoms with Crippen molar-refractivity contribution >= 4 is 11.8 Å². The van der Waals surface area contributed by atoms with E-state index in [4.69, 9.17) is 0 Å². The van der Waals surface area contributed by atoms with Crippen molar-refractivity contribution in [1.29, 1.82) is 0 Å². The van der Waals surface area contributed by atoms with Gasteiger partial charge in [0.1, 0.15) is 0 Å². The highest BCUT2D eigenvalue weighted by atomic mass is 19.4. The molecule has 0 saturated heterocycles. The van der Waals surface area contributed by atoms with Gasteiger partial charge in [-0.15, -0.1) is 18.2 Å². The van der Waals surface area contributed by atoms with Crippen molar-refractivity contribution in [3.63, 3.8) is 0 Å². The standard InChI is InChI=1S/C9H4F3NO3/c10-9(11,12)16-13-7(14)5-3-1-2-4-6(5)8(13)15/h1-4H. The third-order valence-corrected chi connectivity index (χ3v) is 1.95. The number of carbonyl (C=O) groups excluding carboxylic acids is 2. The molecule has 7 heteroatoms. The number of fused-ring (bicyclic) bond motifs is 1. The fraction of sp³-hybridized carbons (Fsp3) is 0.111. The van der Waals surface area contributed by atoms with E-state index in [0.29, 0.717) is 0 Å². The highest BCUT2D eigenvalue weighted by Gasteiger charge is 2.44. The van der Waals surface area contributed by atoms with Gasteiger partial charge in [-0.2, -0.15) is 4.84 Å². The molecular formula is C9H4F3NO3. The molecule has 0 unspecified atom stereocenters. The molecule has 84 valence electrons. The first kappa shape index (κ1) is 10.6. The summed E-state index contributed by atoms with van der Waals surface area (Å²) in [5, 5.41) is -0.287. The van der Waals surface area contributed by atoms with Crippen LogP contribution in [0.15, 0.2) is 24.3 Å². The summed E-state index contributed by atoms with van der Waals surface area (Å²) in [7, 11) is 0. The van der Waals surface area contributed by atoms with E-state index >= 15 is 0 Å². The van der Waals surface area contributed by atoms with Gasteiger partial charge in [0.15, 0.2) is 0 Å². The molecule has 0 N–H and O–H groups in total. The van der Waals surface area contributed by atoms with E-state index < -0.39 is 18.2 Å². The van der Waals surface area contributed by atoms with Gasteiger partial charge in [-0.1, -0.05) is 12.1 Å². The molecule has 4 nitrogen and oxygen atoms in total. The van der Waals surface area contributed by atoms with Crippen molar-refractivity contribution in [2.24, 2.45) is 0 Å². The summed E-state index contributed by atoms with van der Waals surface area (Å²) >= 11 is 0. The van der Waals surface area contributed by atoms with Crippen LogP contribution in [-0.4, -0.2) is 23.2 Å². The zero-order valence-electron chi connectivity index (χ0n) is 7.62. The number of hydrogen-bond acceptors (Lipinski definition) is 3. The summed E-state index contributed by atoms with van der Waals surface area (Å²) in [6, 6.07) is 5.41. The second kappa shape index (κ2) is 3.31. The van der Waals surface area contributed by atoms with Crippen molar-refractivity contribution in [1.82, 2.24) is 5.06 Å². The van der Waals surface area contributed by atoms with Gasteiger partial charge in [0.2, 0.25) is 0 Å². The minimum absolute atomic E-state index is 0.100. The molecule has 0 aromatic heterocycles. The Morgan fingerprint density at radius 1 is 1.00 bits per heavy atom. The Bertz CT molecular complexity index is 434. The third-order valence-electron chi connectivity index (χ3n) is 1.95. The molecule has 0 atom stereocenters. The number of alkyl halides is 3. The molecule has 1 aliphatic rings. The summed E-state index contributed by atoms with van der Waals surface area (Å²) in [6.45, 7) is 0.